The van der Waals surface area contributed by atoms with E-state index in [9.17, 15) is 9.59 Å². The standard InChI is InChI=1S/C11H14N2O4/c1-7-4-3-5-8(13-7)10(14)12-6-9(17-2)11(15)16/h3-5,9H,6H2,1-2H3,(H,12,14)(H,15,16). The number of rotatable bonds is 5. The maximum Gasteiger partial charge on any atom is 0.334 e. The first-order valence-corrected chi connectivity index (χ1v) is 5.02. The molecule has 0 aliphatic rings. The Morgan fingerprint density at radius 3 is 2.76 bits per heavy atom. The maximum atomic E-state index is 11.6. The molecule has 0 aliphatic carbocycles. The lowest BCUT2D eigenvalue weighted by Crippen LogP contribution is -2.38. The molecule has 1 heterocycles. The van der Waals surface area contributed by atoms with E-state index in [1.807, 2.05) is 0 Å². The highest BCUT2D eigenvalue weighted by Crippen LogP contribution is 1.98. The lowest BCUT2D eigenvalue weighted by molar-refractivity contribution is -0.148. The first-order valence-electron chi connectivity index (χ1n) is 5.02. The molecule has 1 atom stereocenters. The minimum Gasteiger partial charge on any atom is -0.479 e. The molecule has 1 unspecified atom stereocenters. The van der Waals surface area contributed by atoms with Crippen molar-refractivity contribution >= 4 is 11.9 Å². The number of carboxylic acids is 1. The van der Waals surface area contributed by atoms with Gasteiger partial charge in [-0.1, -0.05) is 6.07 Å². The van der Waals surface area contributed by atoms with Crippen LogP contribution >= 0.6 is 0 Å². The molecular weight excluding hydrogens is 224 g/mol. The van der Waals surface area contributed by atoms with Crippen molar-refractivity contribution in [2.24, 2.45) is 0 Å². The Bertz CT molecular complexity index is 420. The van der Waals surface area contributed by atoms with Crippen molar-refractivity contribution in [3.8, 4) is 0 Å². The fraction of sp³-hybridized carbons (Fsp3) is 0.364. The summed E-state index contributed by atoms with van der Waals surface area (Å²) in [5, 5.41) is 11.2. The van der Waals surface area contributed by atoms with Crippen LogP contribution in [0.5, 0.6) is 0 Å². The van der Waals surface area contributed by atoms with E-state index in [0.29, 0.717) is 0 Å². The molecule has 2 N–H and O–H groups in total. The van der Waals surface area contributed by atoms with Crippen molar-refractivity contribution in [3.05, 3.63) is 29.6 Å². The summed E-state index contributed by atoms with van der Waals surface area (Å²) in [6, 6.07) is 5.04. The number of carbonyl (C=O) groups excluding carboxylic acids is 1. The van der Waals surface area contributed by atoms with Crippen molar-refractivity contribution in [2.45, 2.75) is 13.0 Å². The number of pyridine rings is 1. The second-order valence-electron chi connectivity index (χ2n) is 3.44. The molecule has 0 aliphatic heterocycles. The zero-order valence-corrected chi connectivity index (χ0v) is 9.64. The molecule has 92 valence electrons. The van der Waals surface area contributed by atoms with E-state index in [1.54, 1.807) is 25.1 Å². The van der Waals surface area contributed by atoms with Gasteiger partial charge in [0, 0.05) is 12.8 Å². The van der Waals surface area contributed by atoms with Gasteiger partial charge in [0.25, 0.3) is 5.91 Å². The summed E-state index contributed by atoms with van der Waals surface area (Å²) in [5.41, 5.74) is 0.976. The number of carbonyl (C=O) groups is 2. The van der Waals surface area contributed by atoms with Crippen LogP contribution in [0, 0.1) is 6.92 Å². The Hall–Kier alpha value is -1.95. The van der Waals surface area contributed by atoms with Crippen molar-refractivity contribution in [1.82, 2.24) is 10.3 Å². The summed E-state index contributed by atoms with van der Waals surface area (Å²) in [7, 11) is 1.27. The second-order valence-corrected chi connectivity index (χ2v) is 3.44. The fourth-order valence-corrected chi connectivity index (χ4v) is 1.22. The first kappa shape index (κ1) is 13.1. The highest BCUT2D eigenvalue weighted by atomic mass is 16.5. The molecule has 6 heteroatoms. The highest BCUT2D eigenvalue weighted by Gasteiger charge is 2.17. The smallest absolute Gasteiger partial charge is 0.334 e. The largest absolute Gasteiger partial charge is 0.479 e. The zero-order chi connectivity index (χ0) is 12.8. The molecule has 0 aromatic carbocycles. The van der Waals surface area contributed by atoms with E-state index < -0.39 is 18.0 Å². The number of carboxylic acid groups (broad SMARTS) is 1. The van der Waals surface area contributed by atoms with Gasteiger partial charge < -0.3 is 15.2 Å². The third-order valence-corrected chi connectivity index (χ3v) is 2.13. The summed E-state index contributed by atoms with van der Waals surface area (Å²) in [6.07, 6.45) is -1.05. The lowest BCUT2D eigenvalue weighted by Gasteiger charge is -2.11. The summed E-state index contributed by atoms with van der Waals surface area (Å²) < 4.78 is 4.69. The van der Waals surface area contributed by atoms with Gasteiger partial charge in [-0.05, 0) is 19.1 Å². The Morgan fingerprint density at radius 1 is 1.53 bits per heavy atom. The summed E-state index contributed by atoms with van der Waals surface area (Å²) in [4.78, 5) is 26.3. The maximum absolute atomic E-state index is 11.6. The van der Waals surface area contributed by atoms with Crippen LogP contribution in [0.15, 0.2) is 18.2 Å². The molecule has 0 spiro atoms. The van der Waals surface area contributed by atoms with E-state index in [-0.39, 0.29) is 12.2 Å². The lowest BCUT2D eigenvalue weighted by atomic mass is 10.3. The molecule has 0 saturated carbocycles. The molecule has 1 rings (SSSR count). The third-order valence-electron chi connectivity index (χ3n) is 2.13. The van der Waals surface area contributed by atoms with Gasteiger partial charge in [0.15, 0.2) is 6.10 Å². The number of amides is 1. The summed E-state index contributed by atoms with van der Waals surface area (Å²) in [5.74, 6) is -1.54. The first-order chi connectivity index (χ1) is 8.04. The number of aliphatic carboxylic acids is 1. The number of methoxy groups -OCH3 is 1. The van der Waals surface area contributed by atoms with Gasteiger partial charge in [0.1, 0.15) is 5.69 Å². The van der Waals surface area contributed by atoms with E-state index in [4.69, 9.17) is 5.11 Å². The molecular formula is C11H14N2O4. The van der Waals surface area contributed by atoms with E-state index in [1.165, 1.54) is 7.11 Å². The van der Waals surface area contributed by atoms with E-state index >= 15 is 0 Å². The van der Waals surface area contributed by atoms with Gasteiger partial charge in [-0.2, -0.15) is 0 Å². The molecule has 0 saturated heterocycles. The Balaban J connectivity index is 2.58. The monoisotopic (exact) mass is 238 g/mol. The van der Waals surface area contributed by atoms with Crippen LogP contribution in [0.2, 0.25) is 0 Å². The van der Waals surface area contributed by atoms with Crippen LogP contribution in [-0.4, -0.2) is 41.7 Å². The third kappa shape index (κ3) is 3.84. The number of aryl methyl sites for hydroxylation is 1. The average molecular weight is 238 g/mol. The number of aromatic nitrogens is 1. The minimum absolute atomic E-state index is 0.0969. The van der Waals surface area contributed by atoms with Crippen LogP contribution < -0.4 is 5.32 Å². The molecule has 17 heavy (non-hydrogen) atoms. The quantitative estimate of drug-likeness (QED) is 0.766. The van der Waals surface area contributed by atoms with Gasteiger partial charge in [-0.25, -0.2) is 9.78 Å². The van der Waals surface area contributed by atoms with E-state index in [2.05, 4.69) is 15.0 Å². The van der Waals surface area contributed by atoms with Crippen LogP contribution in [0.25, 0.3) is 0 Å². The molecule has 0 radical (unpaired) electrons. The molecule has 1 amide bonds. The molecule has 0 bridgehead atoms. The van der Waals surface area contributed by atoms with E-state index in [0.717, 1.165) is 5.69 Å². The number of nitrogens with one attached hydrogen (secondary N) is 1. The fourth-order valence-electron chi connectivity index (χ4n) is 1.22. The Labute approximate surface area is 98.6 Å². The predicted octanol–water partition coefficient (Wildman–Crippen LogP) is 0.219. The molecule has 1 aromatic rings. The van der Waals surface area contributed by atoms with Crippen LogP contribution in [0.1, 0.15) is 16.2 Å². The topological polar surface area (TPSA) is 88.5 Å². The summed E-state index contributed by atoms with van der Waals surface area (Å²) in [6.45, 7) is 1.67. The number of hydrogen-bond donors (Lipinski definition) is 2. The molecule has 6 nitrogen and oxygen atoms in total. The van der Waals surface area contributed by atoms with Gasteiger partial charge in [0.05, 0.1) is 6.54 Å². The number of hydrogen-bond acceptors (Lipinski definition) is 4. The SMILES string of the molecule is COC(CNC(=O)c1cccc(C)n1)C(=O)O. The Morgan fingerprint density at radius 2 is 2.24 bits per heavy atom. The number of nitrogens with zero attached hydrogens (tertiary/aromatic N) is 1. The van der Waals surface area contributed by atoms with Crippen molar-refractivity contribution in [3.63, 3.8) is 0 Å². The molecule has 1 aromatic heterocycles. The van der Waals surface area contributed by atoms with Gasteiger partial charge in [-0.15, -0.1) is 0 Å². The zero-order valence-electron chi connectivity index (χ0n) is 9.64. The highest BCUT2D eigenvalue weighted by molar-refractivity contribution is 5.92. The van der Waals surface area contributed by atoms with Crippen LogP contribution in [0.4, 0.5) is 0 Å². The minimum atomic E-state index is -1.12. The Kier molecular flexibility index (Phi) is 4.59. The van der Waals surface area contributed by atoms with Crippen molar-refractivity contribution < 1.29 is 19.4 Å². The number of ether oxygens (including phenoxy) is 1. The van der Waals surface area contributed by atoms with Gasteiger partial charge >= 0.3 is 5.97 Å². The summed E-state index contributed by atoms with van der Waals surface area (Å²) >= 11 is 0. The van der Waals surface area contributed by atoms with Gasteiger partial charge in [-0.3, -0.25) is 4.79 Å². The van der Waals surface area contributed by atoms with Crippen molar-refractivity contribution in [2.75, 3.05) is 13.7 Å². The predicted molar refractivity (Wildman–Crippen MR) is 59.7 cm³/mol. The molecule has 0 fully saturated rings. The van der Waals surface area contributed by atoms with Crippen LogP contribution in [0.3, 0.4) is 0 Å². The second kappa shape index (κ2) is 5.95. The van der Waals surface area contributed by atoms with Crippen LogP contribution in [-0.2, 0) is 9.53 Å². The normalized spacial score (nSPS) is 11.9. The van der Waals surface area contributed by atoms with Gasteiger partial charge in [0.2, 0.25) is 0 Å². The average Bonchev–Trinajstić information content (AvgIpc) is 2.29. The van der Waals surface area contributed by atoms with Crippen molar-refractivity contribution in [1.29, 1.82) is 0 Å².